The second-order valence-corrected chi connectivity index (χ2v) is 3.84. The zero-order valence-corrected chi connectivity index (χ0v) is 8.78. The van der Waals surface area contributed by atoms with Crippen LogP contribution >= 0.6 is 0 Å². The molecule has 0 saturated heterocycles. The number of rotatable bonds is 6. The summed E-state index contributed by atoms with van der Waals surface area (Å²) in [6, 6.07) is 8.32. The second kappa shape index (κ2) is 5.14. The molecule has 0 aromatic heterocycles. The Morgan fingerprint density at radius 3 is 2.87 bits per heavy atom. The molecule has 82 valence electrons. The molecule has 0 spiro atoms. The Hall–Kier alpha value is -1.06. The summed E-state index contributed by atoms with van der Waals surface area (Å²) in [5.74, 6) is 0.789. The smallest absolute Gasteiger partial charge is 0.124 e. The first-order chi connectivity index (χ1) is 7.40. The first kappa shape index (κ1) is 10.5. The minimum Gasteiger partial charge on any atom is -0.492 e. The topological polar surface area (TPSA) is 41.5 Å². The number of para-hydroxylation sites is 1. The van der Waals surface area contributed by atoms with Crippen molar-refractivity contribution >= 4 is 0 Å². The summed E-state index contributed by atoms with van der Waals surface area (Å²) in [6.07, 6.45) is 2.60. The van der Waals surface area contributed by atoms with Gasteiger partial charge >= 0.3 is 0 Å². The van der Waals surface area contributed by atoms with Gasteiger partial charge in [0.05, 0.1) is 6.61 Å². The molecule has 15 heavy (non-hydrogen) atoms. The van der Waals surface area contributed by atoms with Crippen LogP contribution in [-0.2, 0) is 6.61 Å². The number of nitrogens with one attached hydrogen (secondary N) is 1. The van der Waals surface area contributed by atoms with Crippen molar-refractivity contribution in [3.8, 4) is 5.75 Å². The van der Waals surface area contributed by atoms with Crippen molar-refractivity contribution in [3.05, 3.63) is 29.8 Å². The van der Waals surface area contributed by atoms with Gasteiger partial charge in [-0.2, -0.15) is 0 Å². The van der Waals surface area contributed by atoms with Gasteiger partial charge in [0.1, 0.15) is 12.4 Å². The molecular weight excluding hydrogens is 190 g/mol. The molecule has 2 N–H and O–H groups in total. The maximum atomic E-state index is 9.08. The van der Waals surface area contributed by atoms with Crippen LogP contribution in [0.25, 0.3) is 0 Å². The van der Waals surface area contributed by atoms with Crippen LogP contribution in [0.1, 0.15) is 18.4 Å². The van der Waals surface area contributed by atoms with Gasteiger partial charge in [-0.05, 0) is 18.9 Å². The summed E-state index contributed by atoms with van der Waals surface area (Å²) in [6.45, 7) is 1.57. The largest absolute Gasteiger partial charge is 0.492 e. The van der Waals surface area contributed by atoms with Crippen molar-refractivity contribution in [2.45, 2.75) is 25.5 Å². The Balaban J connectivity index is 1.75. The van der Waals surface area contributed by atoms with Gasteiger partial charge in [0.15, 0.2) is 0 Å². The summed E-state index contributed by atoms with van der Waals surface area (Å²) >= 11 is 0. The molecule has 1 saturated carbocycles. The predicted octanol–water partition coefficient (Wildman–Crippen LogP) is 1.31. The van der Waals surface area contributed by atoms with Crippen molar-refractivity contribution in [2.24, 2.45) is 0 Å². The molecule has 0 aliphatic heterocycles. The second-order valence-electron chi connectivity index (χ2n) is 3.84. The molecule has 0 heterocycles. The van der Waals surface area contributed by atoms with Crippen LogP contribution in [0.2, 0.25) is 0 Å². The van der Waals surface area contributed by atoms with E-state index in [1.807, 2.05) is 24.3 Å². The van der Waals surface area contributed by atoms with Gasteiger partial charge in [0.25, 0.3) is 0 Å². The molecule has 1 aliphatic rings. The fraction of sp³-hybridized carbons (Fsp3) is 0.500. The molecule has 0 bridgehead atoms. The number of hydrogen-bond donors (Lipinski definition) is 2. The standard InChI is InChI=1S/C12H17NO2/c14-9-10-3-1-2-4-12(10)15-8-7-13-11-5-6-11/h1-4,11,13-14H,5-9H2. The lowest BCUT2D eigenvalue weighted by molar-refractivity contribution is 0.262. The average Bonchev–Trinajstić information content (AvgIpc) is 3.09. The van der Waals surface area contributed by atoms with Crippen molar-refractivity contribution in [1.29, 1.82) is 0 Å². The van der Waals surface area contributed by atoms with Crippen molar-refractivity contribution in [2.75, 3.05) is 13.2 Å². The van der Waals surface area contributed by atoms with Crippen molar-refractivity contribution in [1.82, 2.24) is 5.32 Å². The molecule has 1 aromatic carbocycles. The van der Waals surface area contributed by atoms with Crippen molar-refractivity contribution < 1.29 is 9.84 Å². The molecular formula is C12H17NO2. The van der Waals surface area contributed by atoms with Gasteiger partial charge in [-0.1, -0.05) is 18.2 Å². The number of ether oxygens (including phenoxy) is 1. The highest BCUT2D eigenvalue weighted by molar-refractivity contribution is 5.32. The third-order valence-electron chi connectivity index (χ3n) is 2.51. The fourth-order valence-electron chi connectivity index (χ4n) is 1.49. The molecule has 0 radical (unpaired) electrons. The van der Waals surface area contributed by atoms with Crippen LogP contribution in [-0.4, -0.2) is 24.3 Å². The Morgan fingerprint density at radius 2 is 2.13 bits per heavy atom. The summed E-state index contributed by atoms with van der Waals surface area (Å²) in [7, 11) is 0. The molecule has 1 aliphatic carbocycles. The normalized spacial score (nSPS) is 15.3. The summed E-state index contributed by atoms with van der Waals surface area (Å²) < 4.78 is 5.58. The minimum absolute atomic E-state index is 0.0340. The van der Waals surface area contributed by atoms with E-state index in [-0.39, 0.29) is 6.61 Å². The monoisotopic (exact) mass is 207 g/mol. The lowest BCUT2D eigenvalue weighted by atomic mass is 10.2. The predicted molar refractivity (Wildman–Crippen MR) is 58.9 cm³/mol. The van der Waals surface area contributed by atoms with Crippen LogP contribution in [0.15, 0.2) is 24.3 Å². The first-order valence-corrected chi connectivity index (χ1v) is 5.45. The maximum Gasteiger partial charge on any atom is 0.124 e. The SMILES string of the molecule is OCc1ccccc1OCCNC1CC1. The molecule has 0 amide bonds. The highest BCUT2D eigenvalue weighted by Gasteiger charge is 2.19. The number of benzene rings is 1. The van der Waals surface area contributed by atoms with Gasteiger partial charge in [0, 0.05) is 18.2 Å². The van der Waals surface area contributed by atoms with Gasteiger partial charge in [-0.15, -0.1) is 0 Å². The third-order valence-corrected chi connectivity index (χ3v) is 2.51. The molecule has 3 heteroatoms. The lowest BCUT2D eigenvalue weighted by Crippen LogP contribution is -2.23. The van der Waals surface area contributed by atoms with Gasteiger partial charge in [-0.25, -0.2) is 0 Å². The van der Waals surface area contributed by atoms with Crippen LogP contribution in [0.3, 0.4) is 0 Å². The number of hydrogen-bond acceptors (Lipinski definition) is 3. The summed E-state index contributed by atoms with van der Waals surface area (Å²) in [4.78, 5) is 0. The number of aliphatic hydroxyl groups excluding tert-OH is 1. The Labute approximate surface area is 90.1 Å². The van der Waals surface area contributed by atoms with E-state index in [1.54, 1.807) is 0 Å². The first-order valence-electron chi connectivity index (χ1n) is 5.45. The van der Waals surface area contributed by atoms with E-state index in [0.29, 0.717) is 6.61 Å². The Bertz CT molecular complexity index is 310. The summed E-state index contributed by atoms with van der Waals surface area (Å²) in [5, 5.41) is 12.5. The number of aliphatic hydroxyl groups is 1. The van der Waals surface area contributed by atoms with E-state index in [2.05, 4.69) is 5.32 Å². The van der Waals surface area contributed by atoms with Crippen molar-refractivity contribution in [3.63, 3.8) is 0 Å². The molecule has 2 rings (SSSR count). The third kappa shape index (κ3) is 3.22. The highest BCUT2D eigenvalue weighted by Crippen LogP contribution is 2.19. The van der Waals surface area contributed by atoms with Crippen LogP contribution in [0.5, 0.6) is 5.75 Å². The van der Waals surface area contributed by atoms with Gasteiger partial charge in [-0.3, -0.25) is 0 Å². The molecule has 1 aromatic rings. The quantitative estimate of drug-likeness (QED) is 0.691. The fourth-order valence-corrected chi connectivity index (χ4v) is 1.49. The van der Waals surface area contributed by atoms with Gasteiger partial charge in [0.2, 0.25) is 0 Å². The maximum absolute atomic E-state index is 9.08. The zero-order chi connectivity index (χ0) is 10.5. The van der Waals surface area contributed by atoms with Crippen LogP contribution in [0, 0.1) is 0 Å². The van der Waals surface area contributed by atoms with E-state index < -0.39 is 0 Å². The van der Waals surface area contributed by atoms with E-state index in [4.69, 9.17) is 9.84 Å². The molecule has 1 fully saturated rings. The van der Waals surface area contributed by atoms with Gasteiger partial charge < -0.3 is 15.2 Å². The van der Waals surface area contributed by atoms with Crippen LogP contribution in [0.4, 0.5) is 0 Å². The molecule has 0 unspecified atom stereocenters. The van der Waals surface area contributed by atoms with E-state index in [0.717, 1.165) is 23.9 Å². The van der Waals surface area contributed by atoms with E-state index in [1.165, 1.54) is 12.8 Å². The molecule has 0 atom stereocenters. The Morgan fingerprint density at radius 1 is 1.33 bits per heavy atom. The average molecular weight is 207 g/mol. The van der Waals surface area contributed by atoms with E-state index in [9.17, 15) is 0 Å². The lowest BCUT2D eigenvalue weighted by Gasteiger charge is -2.09. The van der Waals surface area contributed by atoms with E-state index >= 15 is 0 Å². The van der Waals surface area contributed by atoms with Crippen LogP contribution < -0.4 is 10.1 Å². The molecule has 3 nitrogen and oxygen atoms in total. The Kier molecular flexibility index (Phi) is 3.59. The minimum atomic E-state index is 0.0340. The zero-order valence-electron chi connectivity index (χ0n) is 8.78. The highest BCUT2D eigenvalue weighted by atomic mass is 16.5. The summed E-state index contributed by atoms with van der Waals surface area (Å²) in [5.41, 5.74) is 0.851.